The summed E-state index contributed by atoms with van der Waals surface area (Å²) >= 11 is 0. The zero-order valence-corrected chi connectivity index (χ0v) is 8.87. The van der Waals surface area contributed by atoms with Crippen LogP contribution in [-0.4, -0.2) is 13.1 Å². The van der Waals surface area contributed by atoms with E-state index in [-0.39, 0.29) is 0 Å². The van der Waals surface area contributed by atoms with Crippen LogP contribution in [0.1, 0.15) is 5.56 Å². The van der Waals surface area contributed by atoms with Crippen LogP contribution in [0.4, 0.5) is 11.4 Å². The molecule has 2 rings (SSSR count). The second kappa shape index (κ2) is 4.22. The van der Waals surface area contributed by atoms with Gasteiger partial charge in [-0.25, -0.2) is 0 Å². The Morgan fingerprint density at radius 1 is 1.27 bits per heavy atom. The van der Waals surface area contributed by atoms with E-state index in [0.717, 1.165) is 19.6 Å². The zero-order valence-electron chi connectivity index (χ0n) is 8.87. The first kappa shape index (κ1) is 9.84. The lowest BCUT2D eigenvalue weighted by Gasteiger charge is -2.31. The van der Waals surface area contributed by atoms with Crippen LogP contribution in [0, 0.1) is 0 Å². The zero-order chi connectivity index (χ0) is 10.7. The van der Waals surface area contributed by atoms with Gasteiger partial charge in [0.2, 0.25) is 0 Å². The molecule has 0 aliphatic carbocycles. The summed E-state index contributed by atoms with van der Waals surface area (Å²) in [4.78, 5) is 2.28. The van der Waals surface area contributed by atoms with Crippen LogP contribution in [0.25, 0.3) is 0 Å². The van der Waals surface area contributed by atoms with E-state index < -0.39 is 0 Å². The number of fused-ring (bicyclic) bond motifs is 1. The molecule has 78 valence electrons. The molecule has 1 aromatic carbocycles. The topological polar surface area (TPSA) is 15.3 Å². The maximum atomic E-state index is 3.79. The Labute approximate surface area is 90.9 Å². The van der Waals surface area contributed by atoms with Crippen molar-refractivity contribution in [2.75, 3.05) is 23.3 Å². The highest BCUT2D eigenvalue weighted by Gasteiger charge is 2.18. The molecular weight excluding hydrogens is 184 g/mol. The molecule has 1 heterocycles. The summed E-state index contributed by atoms with van der Waals surface area (Å²) in [6, 6.07) is 6.36. The Morgan fingerprint density at radius 2 is 2.00 bits per heavy atom. The van der Waals surface area contributed by atoms with Gasteiger partial charge in [0.15, 0.2) is 0 Å². The third kappa shape index (κ3) is 1.75. The molecule has 2 heteroatoms. The standard InChI is InChI=1S/C13H16N2/c1-3-8-15(9-4-2)13-7-5-6-12-11(13)10-14-12/h3-7,14H,1-2,8-10H2. The van der Waals surface area contributed by atoms with Gasteiger partial charge in [-0.3, -0.25) is 0 Å². The van der Waals surface area contributed by atoms with E-state index >= 15 is 0 Å². The van der Waals surface area contributed by atoms with Crippen molar-refractivity contribution in [3.05, 3.63) is 49.1 Å². The molecule has 0 spiro atoms. The number of benzene rings is 1. The normalized spacial score (nSPS) is 12.0. The predicted octanol–water partition coefficient (Wildman–Crippen LogP) is 2.79. The number of hydrogen-bond donors (Lipinski definition) is 1. The molecule has 0 atom stereocenters. The van der Waals surface area contributed by atoms with E-state index in [4.69, 9.17) is 0 Å². The van der Waals surface area contributed by atoms with Crippen molar-refractivity contribution in [3.8, 4) is 0 Å². The molecule has 2 nitrogen and oxygen atoms in total. The average Bonchev–Trinajstić information content (AvgIpc) is 2.19. The van der Waals surface area contributed by atoms with Gasteiger partial charge in [0, 0.05) is 36.6 Å². The fourth-order valence-electron chi connectivity index (χ4n) is 1.88. The van der Waals surface area contributed by atoms with Gasteiger partial charge in [-0.2, -0.15) is 0 Å². The Balaban J connectivity index is 2.28. The van der Waals surface area contributed by atoms with E-state index in [1.54, 1.807) is 0 Å². The number of nitrogens with one attached hydrogen (secondary N) is 1. The first-order valence-corrected chi connectivity index (χ1v) is 5.19. The first-order chi connectivity index (χ1) is 7.36. The lowest BCUT2D eigenvalue weighted by Crippen LogP contribution is -2.27. The van der Waals surface area contributed by atoms with Gasteiger partial charge < -0.3 is 10.2 Å². The lowest BCUT2D eigenvalue weighted by molar-refractivity contribution is 0.923. The van der Waals surface area contributed by atoms with Gasteiger partial charge in [0.1, 0.15) is 0 Å². The van der Waals surface area contributed by atoms with Crippen LogP contribution in [-0.2, 0) is 6.54 Å². The molecule has 0 aromatic heterocycles. The molecule has 0 unspecified atom stereocenters. The van der Waals surface area contributed by atoms with Crippen LogP contribution < -0.4 is 10.2 Å². The molecule has 1 N–H and O–H groups in total. The fourth-order valence-corrected chi connectivity index (χ4v) is 1.88. The highest BCUT2D eigenvalue weighted by atomic mass is 15.1. The summed E-state index contributed by atoms with van der Waals surface area (Å²) in [6.45, 7) is 10.3. The summed E-state index contributed by atoms with van der Waals surface area (Å²) in [6.07, 6.45) is 3.85. The van der Waals surface area contributed by atoms with Gasteiger partial charge in [-0.05, 0) is 12.1 Å². The van der Waals surface area contributed by atoms with Crippen molar-refractivity contribution in [2.45, 2.75) is 6.54 Å². The minimum atomic E-state index is 0.864. The van der Waals surface area contributed by atoms with Crippen LogP contribution in [0.5, 0.6) is 0 Å². The highest BCUT2D eigenvalue weighted by molar-refractivity contribution is 5.72. The highest BCUT2D eigenvalue weighted by Crippen LogP contribution is 2.34. The summed E-state index contributed by atoms with van der Waals surface area (Å²) < 4.78 is 0. The van der Waals surface area contributed by atoms with E-state index in [1.165, 1.54) is 16.9 Å². The monoisotopic (exact) mass is 200 g/mol. The predicted molar refractivity (Wildman–Crippen MR) is 66.4 cm³/mol. The number of anilines is 2. The maximum Gasteiger partial charge on any atom is 0.0443 e. The summed E-state index contributed by atoms with van der Waals surface area (Å²) in [5.74, 6) is 0. The minimum absolute atomic E-state index is 0.864. The smallest absolute Gasteiger partial charge is 0.0443 e. The summed E-state index contributed by atoms with van der Waals surface area (Å²) in [7, 11) is 0. The molecule has 0 saturated heterocycles. The summed E-state index contributed by atoms with van der Waals surface area (Å²) in [5, 5.41) is 3.29. The third-order valence-electron chi connectivity index (χ3n) is 2.65. The lowest BCUT2D eigenvalue weighted by atomic mass is 10.0. The van der Waals surface area contributed by atoms with Crippen molar-refractivity contribution >= 4 is 11.4 Å². The molecule has 1 aliphatic rings. The Hall–Kier alpha value is -1.70. The average molecular weight is 200 g/mol. The Bertz CT molecular complexity index is 372. The van der Waals surface area contributed by atoms with Crippen molar-refractivity contribution < 1.29 is 0 Å². The largest absolute Gasteiger partial charge is 0.380 e. The number of hydrogen-bond acceptors (Lipinski definition) is 2. The van der Waals surface area contributed by atoms with Crippen LogP contribution in [0.2, 0.25) is 0 Å². The number of rotatable bonds is 5. The second-order valence-electron chi connectivity index (χ2n) is 3.64. The SMILES string of the molecule is C=CCN(CC=C)c1cccc2c1CN2. The number of nitrogens with zero attached hydrogens (tertiary/aromatic N) is 1. The summed E-state index contributed by atoms with van der Waals surface area (Å²) in [5.41, 5.74) is 3.96. The second-order valence-corrected chi connectivity index (χ2v) is 3.64. The van der Waals surface area contributed by atoms with Gasteiger partial charge >= 0.3 is 0 Å². The maximum absolute atomic E-state index is 3.79. The molecule has 1 aliphatic heterocycles. The molecule has 0 amide bonds. The van der Waals surface area contributed by atoms with E-state index in [1.807, 2.05) is 12.2 Å². The Kier molecular flexibility index (Phi) is 2.77. The Morgan fingerprint density at radius 3 is 2.53 bits per heavy atom. The minimum Gasteiger partial charge on any atom is -0.380 e. The molecular formula is C13H16N2. The first-order valence-electron chi connectivity index (χ1n) is 5.19. The molecule has 0 fully saturated rings. The molecule has 1 aromatic rings. The van der Waals surface area contributed by atoms with Crippen LogP contribution in [0.3, 0.4) is 0 Å². The van der Waals surface area contributed by atoms with E-state index in [9.17, 15) is 0 Å². The molecule has 15 heavy (non-hydrogen) atoms. The van der Waals surface area contributed by atoms with Gasteiger partial charge in [-0.1, -0.05) is 18.2 Å². The molecule has 0 radical (unpaired) electrons. The molecule has 0 bridgehead atoms. The van der Waals surface area contributed by atoms with Gasteiger partial charge in [0.25, 0.3) is 0 Å². The molecule has 0 saturated carbocycles. The quantitative estimate of drug-likeness (QED) is 0.735. The van der Waals surface area contributed by atoms with Gasteiger partial charge in [-0.15, -0.1) is 13.2 Å². The van der Waals surface area contributed by atoms with Crippen molar-refractivity contribution in [1.29, 1.82) is 0 Å². The van der Waals surface area contributed by atoms with Crippen molar-refractivity contribution in [1.82, 2.24) is 0 Å². The van der Waals surface area contributed by atoms with E-state index in [0.29, 0.717) is 0 Å². The van der Waals surface area contributed by atoms with Crippen molar-refractivity contribution in [3.63, 3.8) is 0 Å². The van der Waals surface area contributed by atoms with Gasteiger partial charge in [0.05, 0.1) is 0 Å². The van der Waals surface area contributed by atoms with E-state index in [2.05, 4.69) is 41.6 Å². The van der Waals surface area contributed by atoms with Crippen molar-refractivity contribution in [2.24, 2.45) is 0 Å². The van der Waals surface area contributed by atoms with Crippen LogP contribution in [0.15, 0.2) is 43.5 Å². The third-order valence-corrected chi connectivity index (χ3v) is 2.65. The fraction of sp³-hybridized carbons (Fsp3) is 0.231. The van der Waals surface area contributed by atoms with Crippen LogP contribution >= 0.6 is 0 Å².